The van der Waals surface area contributed by atoms with E-state index in [9.17, 15) is 52.7 Å². The van der Waals surface area contributed by atoms with Crippen LogP contribution in [0.5, 0.6) is 0 Å². The highest BCUT2D eigenvalue weighted by Crippen LogP contribution is 2.59. The Morgan fingerprint density at radius 3 is 1.27 bits per heavy atom. The van der Waals surface area contributed by atoms with E-state index < -0.39 is 55.5 Å². The molecule has 0 rings (SSSR count). The second kappa shape index (κ2) is 5.34. The maximum atomic E-state index is 13.3. The standard InChI is InChI=1S/C9H8F12O/c1-4(10,7(15,16)9(19,20)21)6(13,14)8(17,18)5(11,12)2-3-22/h22H,2-3H2,1H3. The lowest BCUT2D eigenvalue weighted by molar-refractivity contribution is -0.406. The molecule has 1 N–H and O–H groups in total. The SMILES string of the molecule is CC(F)(C(F)(F)C(F)(F)F)C(F)(F)C(F)(F)C(F)(F)CCO. The minimum atomic E-state index is -7.11. The quantitative estimate of drug-likeness (QED) is 0.704. The molecule has 0 radical (unpaired) electrons. The number of hydrogen-bond acceptors (Lipinski definition) is 1. The molecule has 0 aromatic carbocycles. The summed E-state index contributed by atoms with van der Waals surface area (Å²) in [5.41, 5.74) is -6.39. The minimum Gasteiger partial charge on any atom is -0.396 e. The normalized spacial score (nSPS) is 18.3. The Kier molecular flexibility index (Phi) is 5.12. The molecule has 22 heavy (non-hydrogen) atoms. The maximum Gasteiger partial charge on any atom is 0.457 e. The van der Waals surface area contributed by atoms with Gasteiger partial charge >= 0.3 is 29.9 Å². The first-order valence-corrected chi connectivity index (χ1v) is 5.19. The molecule has 0 aromatic rings. The van der Waals surface area contributed by atoms with E-state index in [-0.39, 0.29) is 0 Å². The summed E-state index contributed by atoms with van der Waals surface area (Å²) in [5, 5.41) is 8.04. The Balaban J connectivity index is 6.11. The number of rotatable bonds is 6. The van der Waals surface area contributed by atoms with Crippen LogP contribution in [0.1, 0.15) is 13.3 Å². The van der Waals surface area contributed by atoms with Crippen molar-refractivity contribution in [1.82, 2.24) is 0 Å². The van der Waals surface area contributed by atoms with E-state index in [0.717, 1.165) is 0 Å². The molecule has 0 aliphatic carbocycles. The van der Waals surface area contributed by atoms with Crippen LogP contribution >= 0.6 is 0 Å². The van der Waals surface area contributed by atoms with Crippen LogP contribution < -0.4 is 0 Å². The topological polar surface area (TPSA) is 20.2 Å². The van der Waals surface area contributed by atoms with Crippen LogP contribution in [0.25, 0.3) is 0 Å². The van der Waals surface area contributed by atoms with Gasteiger partial charge in [-0.1, -0.05) is 0 Å². The van der Waals surface area contributed by atoms with Gasteiger partial charge in [0.25, 0.3) is 0 Å². The van der Waals surface area contributed by atoms with Crippen molar-refractivity contribution in [2.45, 2.75) is 48.9 Å². The highest BCUT2D eigenvalue weighted by molar-refractivity contribution is 5.12. The van der Waals surface area contributed by atoms with Crippen LogP contribution in [0.15, 0.2) is 0 Å². The Labute approximate surface area is 114 Å². The monoisotopic (exact) mass is 360 g/mol. The van der Waals surface area contributed by atoms with Crippen LogP contribution in [0.4, 0.5) is 52.7 Å². The molecule has 0 fully saturated rings. The van der Waals surface area contributed by atoms with E-state index in [0.29, 0.717) is 0 Å². The summed E-state index contributed by atoms with van der Waals surface area (Å²) in [5.74, 6) is -27.0. The highest BCUT2D eigenvalue weighted by Gasteiger charge is 2.87. The number of hydrogen-bond donors (Lipinski definition) is 1. The van der Waals surface area contributed by atoms with Gasteiger partial charge in [-0.05, 0) is 6.92 Å². The third-order valence-electron chi connectivity index (χ3n) is 2.81. The van der Waals surface area contributed by atoms with Gasteiger partial charge in [0.05, 0.1) is 0 Å². The molecule has 1 nitrogen and oxygen atoms in total. The first kappa shape index (κ1) is 21.1. The fraction of sp³-hybridized carbons (Fsp3) is 1.00. The van der Waals surface area contributed by atoms with Crippen molar-refractivity contribution in [3.63, 3.8) is 0 Å². The lowest BCUT2D eigenvalue weighted by Crippen LogP contribution is -2.70. The maximum absolute atomic E-state index is 13.3. The third-order valence-corrected chi connectivity index (χ3v) is 2.81. The summed E-state index contributed by atoms with van der Waals surface area (Å²) in [4.78, 5) is 0. The molecule has 13 heteroatoms. The van der Waals surface area contributed by atoms with Crippen molar-refractivity contribution in [2.24, 2.45) is 0 Å². The molecular formula is C9H8F12O. The van der Waals surface area contributed by atoms with Gasteiger partial charge in [-0.2, -0.15) is 48.3 Å². The molecular weight excluding hydrogens is 352 g/mol. The summed E-state index contributed by atoms with van der Waals surface area (Å²) in [6, 6.07) is 0. The molecule has 0 aromatic heterocycles. The van der Waals surface area contributed by atoms with Gasteiger partial charge < -0.3 is 5.11 Å². The zero-order chi connectivity index (χ0) is 18.4. The Bertz CT molecular complexity index is 396. The summed E-state index contributed by atoms with van der Waals surface area (Å²) < 4.78 is 152. The van der Waals surface area contributed by atoms with Crippen molar-refractivity contribution < 1.29 is 57.8 Å². The minimum absolute atomic E-state index is 1.26. The van der Waals surface area contributed by atoms with Crippen LogP contribution in [0, 0.1) is 0 Å². The highest BCUT2D eigenvalue weighted by atomic mass is 19.4. The summed E-state index contributed by atoms with van der Waals surface area (Å²) in [7, 11) is 0. The Morgan fingerprint density at radius 1 is 0.636 bits per heavy atom. The van der Waals surface area contributed by atoms with E-state index in [4.69, 9.17) is 5.11 Å². The third kappa shape index (κ3) is 2.71. The molecule has 0 bridgehead atoms. The van der Waals surface area contributed by atoms with Gasteiger partial charge in [0, 0.05) is 13.0 Å². The van der Waals surface area contributed by atoms with Crippen LogP contribution in [0.2, 0.25) is 0 Å². The van der Waals surface area contributed by atoms with Crippen molar-refractivity contribution in [2.75, 3.05) is 6.61 Å². The lowest BCUT2D eigenvalue weighted by Gasteiger charge is -2.42. The fourth-order valence-electron chi connectivity index (χ4n) is 1.29. The van der Waals surface area contributed by atoms with Crippen LogP contribution in [-0.2, 0) is 0 Å². The first-order valence-electron chi connectivity index (χ1n) is 5.19. The molecule has 1 atom stereocenters. The molecule has 0 saturated carbocycles. The van der Waals surface area contributed by atoms with Crippen molar-refractivity contribution in [1.29, 1.82) is 0 Å². The Hall–Kier alpha value is -0.880. The second-order valence-electron chi connectivity index (χ2n) is 4.40. The lowest BCUT2D eigenvalue weighted by atomic mass is 9.84. The van der Waals surface area contributed by atoms with Crippen LogP contribution in [-0.4, -0.2) is 47.2 Å². The predicted molar refractivity (Wildman–Crippen MR) is 47.1 cm³/mol. The summed E-state index contributed by atoms with van der Waals surface area (Å²) in [6.45, 7) is -3.10. The number of alkyl halides is 12. The zero-order valence-electron chi connectivity index (χ0n) is 10.4. The largest absolute Gasteiger partial charge is 0.457 e. The predicted octanol–water partition coefficient (Wildman–Crippen LogP) is 4.20. The molecule has 0 amide bonds. The van der Waals surface area contributed by atoms with E-state index in [1.807, 2.05) is 0 Å². The van der Waals surface area contributed by atoms with Gasteiger partial charge in [0.1, 0.15) is 0 Å². The molecule has 0 spiro atoms. The average molecular weight is 360 g/mol. The van der Waals surface area contributed by atoms with E-state index >= 15 is 0 Å². The molecule has 0 heterocycles. The van der Waals surface area contributed by atoms with Crippen molar-refractivity contribution in [3.8, 4) is 0 Å². The average Bonchev–Trinajstić information content (AvgIpc) is 2.26. The molecule has 0 aliphatic rings. The van der Waals surface area contributed by atoms with Gasteiger partial charge in [-0.25, -0.2) is 4.39 Å². The van der Waals surface area contributed by atoms with Gasteiger partial charge in [-0.3, -0.25) is 0 Å². The van der Waals surface area contributed by atoms with Crippen LogP contribution in [0.3, 0.4) is 0 Å². The molecule has 0 saturated heterocycles. The van der Waals surface area contributed by atoms with Gasteiger partial charge in [0.15, 0.2) is 0 Å². The van der Waals surface area contributed by atoms with Gasteiger partial charge in [0.2, 0.25) is 5.67 Å². The number of aliphatic hydroxyl groups excluding tert-OH is 1. The van der Waals surface area contributed by atoms with E-state index in [1.165, 1.54) is 0 Å². The number of aliphatic hydroxyl groups is 1. The summed E-state index contributed by atoms with van der Waals surface area (Å²) >= 11 is 0. The Morgan fingerprint density at radius 2 is 1.00 bits per heavy atom. The van der Waals surface area contributed by atoms with Gasteiger partial charge in [-0.15, -0.1) is 0 Å². The number of halogens is 12. The summed E-state index contributed by atoms with van der Waals surface area (Å²) in [6.07, 6.45) is -9.45. The van der Waals surface area contributed by atoms with Crippen molar-refractivity contribution in [3.05, 3.63) is 0 Å². The van der Waals surface area contributed by atoms with E-state index in [1.54, 1.807) is 0 Å². The van der Waals surface area contributed by atoms with Crippen molar-refractivity contribution >= 4 is 0 Å². The molecule has 134 valence electrons. The molecule has 0 aliphatic heterocycles. The fourth-order valence-corrected chi connectivity index (χ4v) is 1.29. The second-order valence-corrected chi connectivity index (χ2v) is 4.40. The van der Waals surface area contributed by atoms with E-state index in [2.05, 4.69) is 0 Å². The smallest absolute Gasteiger partial charge is 0.396 e. The zero-order valence-corrected chi connectivity index (χ0v) is 10.4. The molecule has 1 unspecified atom stereocenters. The first-order chi connectivity index (χ1) is 9.31.